The highest BCUT2D eigenvalue weighted by atomic mass is 32.1. The molecule has 0 bridgehead atoms. The van der Waals surface area contributed by atoms with Crippen LogP contribution in [0.25, 0.3) is 0 Å². The van der Waals surface area contributed by atoms with Crippen molar-refractivity contribution in [1.82, 2.24) is 9.27 Å². The molecule has 1 saturated heterocycles. The fraction of sp³-hybridized carbons (Fsp3) is 0.353. The molecule has 1 N–H and O–H groups in total. The molecule has 1 aliphatic heterocycles. The molecule has 1 aliphatic rings. The van der Waals surface area contributed by atoms with E-state index in [2.05, 4.69) is 9.69 Å². The van der Waals surface area contributed by atoms with Crippen molar-refractivity contribution in [3.63, 3.8) is 0 Å². The Morgan fingerprint density at radius 3 is 2.79 bits per heavy atom. The van der Waals surface area contributed by atoms with Crippen LogP contribution in [-0.4, -0.2) is 34.9 Å². The van der Waals surface area contributed by atoms with Crippen LogP contribution in [0.4, 0.5) is 9.80 Å². The average Bonchev–Trinajstić information content (AvgIpc) is 3.22. The van der Waals surface area contributed by atoms with Crippen molar-refractivity contribution in [2.45, 2.75) is 25.8 Å². The lowest BCUT2D eigenvalue weighted by molar-refractivity contribution is 0.0601. The number of aromatic nitrogens is 1. The smallest absolute Gasteiger partial charge is 0.342 e. The molecule has 1 unspecified atom stereocenters. The number of nitrogens with one attached hydrogen (secondary N) is 1. The summed E-state index contributed by atoms with van der Waals surface area (Å²) >= 11 is 1.09. The third-order valence-electron chi connectivity index (χ3n) is 4.17. The van der Waals surface area contributed by atoms with Gasteiger partial charge in [-0.1, -0.05) is 30.3 Å². The number of methoxy groups -OCH3 is 1. The minimum absolute atomic E-state index is 0.0572. The number of nitrogens with zero attached hydrogens (tertiary/aromatic N) is 2. The van der Waals surface area contributed by atoms with Gasteiger partial charge < -0.3 is 9.64 Å². The van der Waals surface area contributed by atoms with Crippen molar-refractivity contribution in [1.29, 1.82) is 0 Å². The van der Waals surface area contributed by atoms with E-state index in [1.807, 2.05) is 35.2 Å². The van der Waals surface area contributed by atoms with Crippen LogP contribution < -0.4 is 5.32 Å². The molecule has 0 spiro atoms. The Morgan fingerprint density at radius 2 is 2.08 bits per heavy atom. The first-order valence-electron chi connectivity index (χ1n) is 7.79. The van der Waals surface area contributed by atoms with E-state index in [0.717, 1.165) is 29.9 Å². The maximum Gasteiger partial charge on any atom is 0.342 e. The quantitative estimate of drug-likeness (QED) is 0.863. The molecule has 7 heteroatoms. The third-order valence-corrected chi connectivity index (χ3v) is 5.02. The molecule has 1 aromatic heterocycles. The first-order chi connectivity index (χ1) is 11.6. The van der Waals surface area contributed by atoms with E-state index in [4.69, 9.17) is 4.74 Å². The van der Waals surface area contributed by atoms with E-state index in [9.17, 15) is 9.59 Å². The summed E-state index contributed by atoms with van der Waals surface area (Å²) in [6.45, 7) is 2.41. The topological polar surface area (TPSA) is 71.5 Å². The summed E-state index contributed by atoms with van der Waals surface area (Å²) < 4.78 is 8.93. The second kappa shape index (κ2) is 7.00. The SMILES string of the molecule is COC(=O)c1c(C)nsc1NC(=O)N1CCCC1c1ccccc1. The maximum atomic E-state index is 12.7. The Kier molecular flexibility index (Phi) is 4.80. The van der Waals surface area contributed by atoms with Crippen molar-refractivity contribution in [2.75, 3.05) is 19.0 Å². The van der Waals surface area contributed by atoms with Gasteiger partial charge in [-0.15, -0.1) is 0 Å². The highest BCUT2D eigenvalue weighted by molar-refractivity contribution is 7.11. The van der Waals surface area contributed by atoms with Gasteiger partial charge in [0.1, 0.15) is 10.6 Å². The van der Waals surface area contributed by atoms with Crippen LogP contribution in [0.15, 0.2) is 30.3 Å². The monoisotopic (exact) mass is 345 g/mol. The lowest BCUT2D eigenvalue weighted by atomic mass is 10.1. The number of hydrogen-bond donors (Lipinski definition) is 1. The largest absolute Gasteiger partial charge is 0.465 e. The third kappa shape index (κ3) is 3.12. The average molecular weight is 345 g/mol. The number of esters is 1. The van der Waals surface area contributed by atoms with E-state index in [0.29, 0.717) is 22.8 Å². The van der Waals surface area contributed by atoms with E-state index in [1.54, 1.807) is 6.92 Å². The van der Waals surface area contributed by atoms with E-state index < -0.39 is 5.97 Å². The summed E-state index contributed by atoms with van der Waals surface area (Å²) in [6.07, 6.45) is 1.89. The van der Waals surface area contributed by atoms with Crippen LogP contribution in [0.3, 0.4) is 0 Å². The number of benzene rings is 1. The summed E-state index contributed by atoms with van der Waals surface area (Å²) in [4.78, 5) is 26.4. The molecule has 126 valence electrons. The van der Waals surface area contributed by atoms with Gasteiger partial charge in [-0.3, -0.25) is 5.32 Å². The number of rotatable bonds is 3. The zero-order valence-electron chi connectivity index (χ0n) is 13.6. The number of carbonyl (C=O) groups excluding carboxylic acids is 2. The molecule has 2 heterocycles. The van der Waals surface area contributed by atoms with Crippen molar-refractivity contribution in [3.05, 3.63) is 47.2 Å². The second-order valence-electron chi connectivity index (χ2n) is 5.66. The first-order valence-corrected chi connectivity index (χ1v) is 8.56. The van der Waals surface area contributed by atoms with Crippen molar-refractivity contribution in [2.24, 2.45) is 0 Å². The summed E-state index contributed by atoms with van der Waals surface area (Å²) in [5, 5.41) is 3.26. The first kappa shape index (κ1) is 16.4. The molecule has 1 atom stereocenters. The Labute approximate surface area is 144 Å². The van der Waals surface area contributed by atoms with Gasteiger partial charge in [-0.2, -0.15) is 4.37 Å². The Morgan fingerprint density at radius 1 is 1.33 bits per heavy atom. The summed E-state index contributed by atoms with van der Waals surface area (Å²) in [5.41, 5.74) is 2.01. The van der Waals surface area contributed by atoms with E-state index >= 15 is 0 Å². The molecule has 3 rings (SSSR count). The number of likely N-dealkylation sites (tertiary alicyclic amines) is 1. The van der Waals surface area contributed by atoms with E-state index in [-0.39, 0.29) is 12.1 Å². The number of hydrogen-bond acceptors (Lipinski definition) is 5. The Balaban J connectivity index is 1.79. The fourth-order valence-corrected chi connectivity index (χ4v) is 3.77. The van der Waals surface area contributed by atoms with Crippen LogP contribution in [0.2, 0.25) is 0 Å². The summed E-state index contributed by atoms with van der Waals surface area (Å²) in [7, 11) is 1.32. The van der Waals surface area contributed by atoms with Gasteiger partial charge in [0.15, 0.2) is 0 Å². The minimum atomic E-state index is -0.488. The highest BCUT2D eigenvalue weighted by Crippen LogP contribution is 2.33. The predicted molar refractivity (Wildman–Crippen MR) is 92.3 cm³/mol. The molecular formula is C17H19N3O3S. The van der Waals surface area contributed by atoms with Crippen LogP contribution in [0, 0.1) is 6.92 Å². The summed E-state index contributed by atoms with van der Waals surface area (Å²) in [6, 6.07) is 9.83. The number of anilines is 1. The highest BCUT2D eigenvalue weighted by Gasteiger charge is 2.31. The van der Waals surface area contributed by atoms with Gasteiger partial charge >= 0.3 is 12.0 Å². The number of ether oxygens (including phenoxy) is 1. The minimum Gasteiger partial charge on any atom is -0.465 e. The van der Waals surface area contributed by atoms with Crippen molar-refractivity contribution in [3.8, 4) is 0 Å². The maximum absolute atomic E-state index is 12.7. The van der Waals surface area contributed by atoms with Crippen molar-refractivity contribution >= 4 is 28.5 Å². The zero-order valence-corrected chi connectivity index (χ0v) is 14.4. The van der Waals surface area contributed by atoms with Crippen molar-refractivity contribution < 1.29 is 14.3 Å². The molecule has 1 aromatic carbocycles. The normalized spacial score (nSPS) is 16.9. The number of carbonyl (C=O) groups is 2. The van der Waals surface area contributed by atoms with Gasteiger partial charge in [0.25, 0.3) is 0 Å². The summed E-state index contributed by atoms with van der Waals surface area (Å²) in [5.74, 6) is -0.488. The lowest BCUT2D eigenvalue weighted by Gasteiger charge is -2.25. The second-order valence-corrected chi connectivity index (χ2v) is 6.43. The van der Waals surface area contributed by atoms with E-state index in [1.165, 1.54) is 7.11 Å². The zero-order chi connectivity index (χ0) is 17.1. The Hall–Kier alpha value is -2.41. The van der Waals surface area contributed by atoms with Crippen LogP contribution in [0.5, 0.6) is 0 Å². The Bertz CT molecular complexity index is 745. The van der Waals surface area contributed by atoms with Gasteiger partial charge in [-0.05, 0) is 36.9 Å². The molecular weight excluding hydrogens is 326 g/mol. The standard InChI is InChI=1S/C17H19N3O3S/c1-11-14(16(21)23-2)15(24-19-11)18-17(22)20-10-6-9-13(20)12-7-4-3-5-8-12/h3-5,7-8,13H,6,9-10H2,1-2H3,(H,18,22). The number of urea groups is 1. The molecule has 2 amide bonds. The van der Waals surface area contributed by atoms with Gasteiger partial charge in [-0.25, -0.2) is 9.59 Å². The molecule has 6 nitrogen and oxygen atoms in total. The number of amides is 2. The van der Waals surface area contributed by atoms with Gasteiger partial charge in [0, 0.05) is 6.54 Å². The van der Waals surface area contributed by atoms with Gasteiger partial charge in [0.05, 0.1) is 18.8 Å². The molecule has 0 saturated carbocycles. The molecule has 0 aliphatic carbocycles. The molecule has 0 radical (unpaired) electrons. The van der Waals surface area contributed by atoms with Crippen LogP contribution in [-0.2, 0) is 4.74 Å². The molecule has 1 fully saturated rings. The predicted octanol–water partition coefficient (Wildman–Crippen LogP) is 3.61. The van der Waals surface area contributed by atoms with Crippen LogP contribution >= 0.6 is 11.5 Å². The molecule has 2 aromatic rings. The molecule has 24 heavy (non-hydrogen) atoms. The van der Waals surface area contributed by atoms with Gasteiger partial charge in [0.2, 0.25) is 0 Å². The fourth-order valence-electron chi connectivity index (χ4n) is 3.00. The lowest BCUT2D eigenvalue weighted by Crippen LogP contribution is -2.34. The number of aryl methyl sites for hydroxylation is 1. The van der Waals surface area contributed by atoms with Crippen LogP contribution in [0.1, 0.15) is 40.5 Å².